The van der Waals surface area contributed by atoms with Crippen molar-refractivity contribution in [2.45, 2.75) is 19.3 Å². The van der Waals surface area contributed by atoms with Gasteiger partial charge < -0.3 is 15.0 Å². The van der Waals surface area contributed by atoms with Crippen LogP contribution in [0.4, 0.5) is 0 Å². The minimum atomic E-state index is 0. The Hall–Kier alpha value is -0.320. The molecule has 1 atom stereocenters. The summed E-state index contributed by atoms with van der Waals surface area (Å²) in [7, 11) is 1.58. The van der Waals surface area contributed by atoms with Crippen LogP contribution in [0.1, 0.15) is 19.3 Å². The van der Waals surface area contributed by atoms with Gasteiger partial charge in [0.05, 0.1) is 0 Å². The molecule has 1 spiro atoms. The second-order valence-electron chi connectivity index (χ2n) is 4.78. The Morgan fingerprint density at radius 3 is 2.94 bits per heavy atom. The molecule has 1 unspecified atom stereocenters. The molecule has 0 radical (unpaired) electrons. The molecule has 0 aromatic rings. The predicted octanol–water partition coefficient (Wildman–Crippen LogP) is 0.657. The number of carbonyl (C=O) groups is 1. The number of halogens is 1. The third-order valence-corrected chi connectivity index (χ3v) is 3.61. The monoisotopic (exact) mass is 248 g/mol. The minimum Gasteiger partial charge on any atom is -0.375 e. The first kappa shape index (κ1) is 13.7. The molecule has 2 aliphatic heterocycles. The molecule has 2 aliphatic rings. The lowest BCUT2D eigenvalue weighted by Crippen LogP contribution is -2.48. The number of piperidine rings is 1. The average molecular weight is 249 g/mol. The van der Waals surface area contributed by atoms with Gasteiger partial charge in [0.2, 0.25) is 5.91 Å². The van der Waals surface area contributed by atoms with Crippen molar-refractivity contribution in [3.63, 3.8) is 0 Å². The Labute approximate surface area is 103 Å². The highest BCUT2D eigenvalue weighted by molar-refractivity contribution is 5.85. The molecule has 4 nitrogen and oxygen atoms in total. The lowest BCUT2D eigenvalue weighted by atomic mass is 9.79. The number of nitrogens with zero attached hydrogens (tertiary/aromatic N) is 1. The van der Waals surface area contributed by atoms with Crippen LogP contribution in [0.5, 0.6) is 0 Å². The van der Waals surface area contributed by atoms with Crippen molar-refractivity contribution in [3.8, 4) is 0 Å². The number of likely N-dealkylation sites (tertiary alicyclic amines) is 1. The normalized spacial score (nSPS) is 29.2. The Kier molecular flexibility index (Phi) is 5.02. The van der Waals surface area contributed by atoms with Gasteiger partial charge in [-0.05, 0) is 25.8 Å². The Morgan fingerprint density at radius 2 is 2.31 bits per heavy atom. The van der Waals surface area contributed by atoms with Gasteiger partial charge in [-0.2, -0.15) is 0 Å². The lowest BCUT2D eigenvalue weighted by Gasteiger charge is -2.39. The van der Waals surface area contributed by atoms with Crippen molar-refractivity contribution in [2.75, 3.05) is 39.9 Å². The van der Waals surface area contributed by atoms with Crippen molar-refractivity contribution in [1.82, 2.24) is 10.2 Å². The van der Waals surface area contributed by atoms with E-state index in [4.69, 9.17) is 4.74 Å². The maximum absolute atomic E-state index is 11.7. The molecule has 2 fully saturated rings. The third kappa shape index (κ3) is 2.87. The van der Waals surface area contributed by atoms with Crippen molar-refractivity contribution >= 4 is 18.3 Å². The highest BCUT2D eigenvalue weighted by Gasteiger charge is 2.39. The summed E-state index contributed by atoms with van der Waals surface area (Å²) in [5.41, 5.74) is 0.363. The van der Waals surface area contributed by atoms with Crippen molar-refractivity contribution in [3.05, 3.63) is 0 Å². The number of nitrogens with one attached hydrogen (secondary N) is 1. The Bertz CT molecular complexity index is 242. The highest BCUT2D eigenvalue weighted by Crippen LogP contribution is 2.35. The summed E-state index contributed by atoms with van der Waals surface area (Å²) >= 11 is 0. The maximum atomic E-state index is 11.7. The number of hydrogen-bond acceptors (Lipinski definition) is 3. The van der Waals surface area contributed by atoms with Gasteiger partial charge >= 0.3 is 0 Å². The van der Waals surface area contributed by atoms with Gasteiger partial charge in [-0.25, -0.2) is 0 Å². The SMILES string of the molecule is COCC(=O)N1CCCC2(CCNC2)C1.Cl. The van der Waals surface area contributed by atoms with Crippen LogP contribution in [0, 0.1) is 5.41 Å². The van der Waals surface area contributed by atoms with E-state index in [2.05, 4.69) is 5.32 Å². The zero-order valence-electron chi connectivity index (χ0n) is 9.83. The average Bonchev–Trinajstić information content (AvgIpc) is 2.67. The van der Waals surface area contributed by atoms with E-state index in [0.717, 1.165) is 32.6 Å². The lowest BCUT2D eigenvalue weighted by molar-refractivity contribution is -0.138. The topological polar surface area (TPSA) is 41.6 Å². The van der Waals surface area contributed by atoms with Crippen molar-refractivity contribution in [2.24, 2.45) is 5.41 Å². The molecule has 0 bridgehead atoms. The van der Waals surface area contributed by atoms with Gasteiger partial charge in [-0.1, -0.05) is 0 Å². The summed E-state index contributed by atoms with van der Waals surface area (Å²) in [6, 6.07) is 0. The Balaban J connectivity index is 0.00000128. The Morgan fingerprint density at radius 1 is 1.50 bits per heavy atom. The number of ether oxygens (including phenoxy) is 1. The number of amides is 1. The molecular formula is C11H21ClN2O2. The summed E-state index contributed by atoms with van der Waals surface area (Å²) in [6.45, 7) is 4.23. The van der Waals surface area contributed by atoms with E-state index in [1.807, 2.05) is 4.90 Å². The summed E-state index contributed by atoms with van der Waals surface area (Å²) in [5, 5.41) is 3.41. The molecule has 0 aromatic carbocycles. The summed E-state index contributed by atoms with van der Waals surface area (Å²) < 4.78 is 4.90. The van der Waals surface area contributed by atoms with E-state index in [1.165, 1.54) is 12.8 Å². The molecule has 2 rings (SSSR count). The molecule has 0 aromatic heterocycles. The summed E-state index contributed by atoms with van der Waals surface area (Å²) in [4.78, 5) is 13.7. The van der Waals surface area contributed by atoms with Crippen LogP contribution in [0.3, 0.4) is 0 Å². The van der Waals surface area contributed by atoms with Crippen LogP contribution in [-0.4, -0.2) is 50.7 Å². The molecule has 2 saturated heterocycles. The number of rotatable bonds is 2. The fraction of sp³-hybridized carbons (Fsp3) is 0.909. The summed E-state index contributed by atoms with van der Waals surface area (Å²) in [6.07, 6.45) is 3.61. The zero-order chi connectivity index (χ0) is 10.7. The van der Waals surface area contributed by atoms with E-state index in [9.17, 15) is 4.79 Å². The first-order valence-corrected chi connectivity index (χ1v) is 5.73. The minimum absolute atomic E-state index is 0. The number of carbonyl (C=O) groups excluding carboxylic acids is 1. The van der Waals surface area contributed by atoms with E-state index >= 15 is 0 Å². The molecule has 5 heteroatoms. The molecule has 94 valence electrons. The third-order valence-electron chi connectivity index (χ3n) is 3.61. The smallest absolute Gasteiger partial charge is 0.248 e. The molecule has 1 amide bonds. The second kappa shape index (κ2) is 5.84. The van der Waals surface area contributed by atoms with Gasteiger partial charge in [-0.3, -0.25) is 4.79 Å². The van der Waals surface area contributed by atoms with Crippen LogP contribution in [-0.2, 0) is 9.53 Å². The largest absolute Gasteiger partial charge is 0.375 e. The van der Waals surface area contributed by atoms with Gasteiger partial charge in [0.1, 0.15) is 6.61 Å². The van der Waals surface area contributed by atoms with Crippen LogP contribution in [0.15, 0.2) is 0 Å². The second-order valence-corrected chi connectivity index (χ2v) is 4.78. The zero-order valence-corrected chi connectivity index (χ0v) is 10.6. The molecular weight excluding hydrogens is 228 g/mol. The van der Waals surface area contributed by atoms with Crippen LogP contribution in [0.2, 0.25) is 0 Å². The van der Waals surface area contributed by atoms with Crippen LogP contribution >= 0.6 is 12.4 Å². The summed E-state index contributed by atoms with van der Waals surface area (Å²) in [5.74, 6) is 0.142. The van der Waals surface area contributed by atoms with Crippen LogP contribution in [0.25, 0.3) is 0 Å². The first-order chi connectivity index (χ1) is 7.26. The molecule has 0 aliphatic carbocycles. The maximum Gasteiger partial charge on any atom is 0.248 e. The fourth-order valence-electron chi connectivity index (χ4n) is 2.78. The van der Waals surface area contributed by atoms with Gasteiger partial charge in [-0.15, -0.1) is 12.4 Å². The molecule has 2 heterocycles. The first-order valence-electron chi connectivity index (χ1n) is 5.73. The predicted molar refractivity (Wildman–Crippen MR) is 64.9 cm³/mol. The van der Waals surface area contributed by atoms with Crippen molar-refractivity contribution in [1.29, 1.82) is 0 Å². The van der Waals surface area contributed by atoms with Crippen LogP contribution < -0.4 is 5.32 Å². The molecule has 16 heavy (non-hydrogen) atoms. The fourth-order valence-corrected chi connectivity index (χ4v) is 2.78. The number of hydrogen-bond donors (Lipinski definition) is 1. The van der Waals surface area contributed by atoms with Gasteiger partial charge in [0.25, 0.3) is 0 Å². The van der Waals surface area contributed by atoms with Gasteiger partial charge in [0, 0.05) is 32.2 Å². The molecule has 1 N–H and O–H groups in total. The van der Waals surface area contributed by atoms with Gasteiger partial charge in [0.15, 0.2) is 0 Å². The van der Waals surface area contributed by atoms with E-state index in [0.29, 0.717) is 5.41 Å². The quantitative estimate of drug-likeness (QED) is 0.781. The highest BCUT2D eigenvalue weighted by atomic mass is 35.5. The van der Waals surface area contributed by atoms with E-state index in [1.54, 1.807) is 7.11 Å². The number of methoxy groups -OCH3 is 1. The van der Waals surface area contributed by atoms with Crippen molar-refractivity contribution < 1.29 is 9.53 Å². The molecule has 0 saturated carbocycles. The standard InChI is InChI=1S/C11H20N2O2.ClH/c1-15-7-10(14)13-6-2-3-11(9-13)4-5-12-8-11;/h12H,2-9H2,1H3;1H. The van der Waals surface area contributed by atoms with E-state index < -0.39 is 0 Å². The van der Waals surface area contributed by atoms with E-state index in [-0.39, 0.29) is 24.9 Å².